The number of hydrogen-bond acceptors (Lipinski definition) is 7. The molecule has 3 amide bonds. The molecule has 0 radical (unpaired) electrons. The molecule has 0 aliphatic carbocycles. The van der Waals surface area contributed by atoms with Gasteiger partial charge in [0.05, 0.1) is 0 Å². The Morgan fingerprint density at radius 3 is 2.56 bits per heavy atom. The molecule has 1 unspecified atom stereocenters. The third-order valence-corrected chi connectivity index (χ3v) is 7.19. The Morgan fingerprint density at radius 1 is 1.22 bits per heavy atom. The number of amides is 3. The molecule has 12 heteroatoms. The van der Waals surface area contributed by atoms with Crippen LogP contribution in [-0.4, -0.2) is 70.6 Å². The molecule has 1 saturated heterocycles. The molecule has 36 heavy (non-hydrogen) atoms. The molecule has 0 aromatic heterocycles. The molecule has 0 bridgehead atoms. The lowest BCUT2D eigenvalue weighted by atomic mass is 10.0. The molecule has 2 aliphatic rings. The van der Waals surface area contributed by atoms with Crippen LogP contribution >= 0.6 is 11.8 Å². The third-order valence-electron chi connectivity index (χ3n) is 5.85. The minimum absolute atomic E-state index is 0.0843. The van der Waals surface area contributed by atoms with Crippen molar-refractivity contribution in [3.63, 3.8) is 0 Å². The summed E-state index contributed by atoms with van der Waals surface area (Å²) < 4.78 is 20.2. The van der Waals surface area contributed by atoms with E-state index in [0.717, 1.165) is 25.7 Å². The number of fused-ring (bicyclic) bond motifs is 1. The van der Waals surface area contributed by atoms with Crippen molar-refractivity contribution >= 4 is 35.5 Å². The fourth-order valence-electron chi connectivity index (χ4n) is 3.99. The molecule has 1 aromatic rings. The van der Waals surface area contributed by atoms with E-state index in [2.05, 4.69) is 10.6 Å². The van der Waals surface area contributed by atoms with Gasteiger partial charge in [-0.3, -0.25) is 19.3 Å². The Bertz CT molecular complexity index is 1020. The summed E-state index contributed by atoms with van der Waals surface area (Å²) in [5.41, 5.74) is 5.88. The van der Waals surface area contributed by atoms with E-state index < -0.39 is 35.4 Å². The van der Waals surface area contributed by atoms with Crippen LogP contribution in [0.5, 0.6) is 5.75 Å². The highest BCUT2D eigenvalue weighted by molar-refractivity contribution is 8.00. The van der Waals surface area contributed by atoms with Gasteiger partial charge < -0.3 is 26.2 Å². The van der Waals surface area contributed by atoms with E-state index in [1.807, 2.05) is 0 Å². The first-order valence-corrected chi connectivity index (χ1v) is 12.8. The number of unbranched alkanes of at least 4 members (excludes halogenated alkanes) is 3. The van der Waals surface area contributed by atoms with E-state index in [4.69, 9.17) is 10.5 Å². The molecular weight excluding hydrogens is 491 g/mol. The van der Waals surface area contributed by atoms with E-state index in [-0.39, 0.29) is 23.8 Å². The molecule has 5 N–H and O–H groups in total. The number of ether oxygens (including phenoxy) is 1. The highest BCUT2D eigenvalue weighted by atomic mass is 32.2. The predicted molar refractivity (Wildman–Crippen MR) is 132 cm³/mol. The Kier molecular flexibility index (Phi) is 9.71. The molecule has 1 fully saturated rings. The van der Waals surface area contributed by atoms with Gasteiger partial charge in [0, 0.05) is 24.8 Å². The molecule has 2 heterocycles. The van der Waals surface area contributed by atoms with Gasteiger partial charge in [-0.15, -0.1) is 11.8 Å². The van der Waals surface area contributed by atoms with E-state index in [1.165, 1.54) is 47.9 Å². The lowest BCUT2D eigenvalue weighted by Gasteiger charge is -2.49. The predicted octanol–water partition coefficient (Wildman–Crippen LogP) is 1.47. The SMILES string of the molecule is CC(=O)N[C@@H]1C(=O)N2C(C(=O)O)=C(COc3ccc(C(F)C(=O)NCCCCCCN)cc3)CS[C@H]12. The van der Waals surface area contributed by atoms with Crippen LogP contribution in [0.1, 0.15) is 44.3 Å². The maximum absolute atomic E-state index is 14.5. The number of rotatable bonds is 13. The normalized spacial score (nSPS) is 19.8. The van der Waals surface area contributed by atoms with Crippen LogP contribution in [0.2, 0.25) is 0 Å². The summed E-state index contributed by atoms with van der Waals surface area (Å²) in [5, 5.41) is 14.3. The first-order chi connectivity index (χ1) is 17.2. The fourth-order valence-corrected chi connectivity index (χ4v) is 5.32. The van der Waals surface area contributed by atoms with Crippen molar-refractivity contribution in [1.82, 2.24) is 15.5 Å². The van der Waals surface area contributed by atoms with Gasteiger partial charge in [-0.05, 0) is 37.1 Å². The summed E-state index contributed by atoms with van der Waals surface area (Å²) in [7, 11) is 0. The van der Waals surface area contributed by atoms with Crippen molar-refractivity contribution in [2.45, 2.75) is 50.2 Å². The molecule has 10 nitrogen and oxygen atoms in total. The summed E-state index contributed by atoms with van der Waals surface area (Å²) in [6.45, 7) is 2.25. The van der Waals surface area contributed by atoms with Gasteiger partial charge >= 0.3 is 5.97 Å². The second-order valence-corrected chi connectivity index (χ2v) is 9.66. The topological polar surface area (TPSA) is 151 Å². The summed E-state index contributed by atoms with van der Waals surface area (Å²) in [4.78, 5) is 48.9. The fraction of sp³-hybridized carbons (Fsp3) is 0.500. The molecule has 1 aromatic carbocycles. The second kappa shape index (κ2) is 12.7. The standard InChI is InChI=1S/C24H31FN4O6S/c1-14(30)28-19-22(32)29-20(24(33)34)16(13-36-23(19)29)12-35-17-8-6-15(7-9-17)18(25)21(31)27-11-5-3-2-4-10-26/h6-9,18-19,23H,2-5,10-13,26H2,1H3,(H,27,31)(H,28,30)(H,33,34)/t18?,19-,23-/m1/s1. The van der Waals surface area contributed by atoms with Gasteiger partial charge in [-0.1, -0.05) is 25.0 Å². The maximum atomic E-state index is 14.5. The summed E-state index contributed by atoms with van der Waals surface area (Å²) >= 11 is 1.34. The largest absolute Gasteiger partial charge is 0.489 e. The van der Waals surface area contributed by atoms with E-state index in [9.17, 15) is 28.7 Å². The van der Waals surface area contributed by atoms with Crippen LogP contribution in [0, 0.1) is 0 Å². The van der Waals surface area contributed by atoms with Gasteiger partial charge in [-0.25, -0.2) is 9.18 Å². The van der Waals surface area contributed by atoms with Crippen LogP contribution < -0.4 is 21.1 Å². The van der Waals surface area contributed by atoms with Crippen molar-refractivity contribution in [2.75, 3.05) is 25.4 Å². The number of alkyl halides is 1. The van der Waals surface area contributed by atoms with Crippen LogP contribution in [0.15, 0.2) is 35.5 Å². The lowest BCUT2D eigenvalue weighted by molar-refractivity contribution is -0.150. The van der Waals surface area contributed by atoms with E-state index in [1.54, 1.807) is 0 Å². The van der Waals surface area contributed by atoms with Gasteiger partial charge in [0.2, 0.25) is 12.1 Å². The summed E-state index contributed by atoms with van der Waals surface area (Å²) in [6, 6.07) is 5.14. The minimum atomic E-state index is -1.81. The molecular formula is C24H31FN4O6S. The quantitative estimate of drug-likeness (QED) is 0.225. The number of carbonyl (C=O) groups excluding carboxylic acids is 3. The molecule has 3 atom stereocenters. The molecule has 196 valence electrons. The van der Waals surface area contributed by atoms with Crippen molar-refractivity contribution < 1.29 is 33.4 Å². The Hall–Kier alpha value is -3.12. The smallest absolute Gasteiger partial charge is 0.352 e. The summed E-state index contributed by atoms with van der Waals surface area (Å²) in [6.07, 6.45) is 1.77. The Morgan fingerprint density at radius 2 is 1.92 bits per heavy atom. The number of nitrogens with zero attached hydrogens (tertiary/aromatic N) is 1. The Labute approximate surface area is 212 Å². The van der Waals surface area contributed by atoms with Crippen LogP contribution in [-0.2, 0) is 19.2 Å². The van der Waals surface area contributed by atoms with E-state index in [0.29, 0.717) is 30.2 Å². The van der Waals surface area contributed by atoms with Gasteiger partial charge in [0.15, 0.2) is 0 Å². The number of thioether (sulfide) groups is 1. The number of halogens is 1. The van der Waals surface area contributed by atoms with E-state index >= 15 is 0 Å². The summed E-state index contributed by atoms with van der Waals surface area (Å²) in [5.74, 6) is -2.13. The van der Waals surface area contributed by atoms with Crippen LogP contribution in [0.3, 0.4) is 0 Å². The number of nitrogens with one attached hydrogen (secondary N) is 2. The number of nitrogens with two attached hydrogens (primary N) is 1. The lowest BCUT2D eigenvalue weighted by Crippen LogP contribution is -2.70. The Balaban J connectivity index is 1.55. The zero-order valence-electron chi connectivity index (χ0n) is 20.0. The first kappa shape index (κ1) is 27.5. The minimum Gasteiger partial charge on any atom is -0.489 e. The number of β-lactam (4-membered cyclic amide) rings is 1. The third kappa shape index (κ3) is 6.55. The number of benzene rings is 1. The van der Waals surface area contributed by atoms with Crippen molar-refractivity contribution in [3.05, 3.63) is 41.1 Å². The molecule has 0 spiro atoms. The zero-order chi connectivity index (χ0) is 26.2. The molecule has 0 saturated carbocycles. The van der Waals surface area contributed by atoms with Gasteiger partial charge in [-0.2, -0.15) is 0 Å². The highest BCUT2D eigenvalue weighted by Gasteiger charge is 2.54. The average molecular weight is 523 g/mol. The van der Waals surface area contributed by atoms with Crippen LogP contribution in [0.4, 0.5) is 4.39 Å². The molecule has 2 aliphatic heterocycles. The van der Waals surface area contributed by atoms with Crippen LogP contribution in [0.25, 0.3) is 0 Å². The molecule has 3 rings (SSSR count). The van der Waals surface area contributed by atoms with Gasteiger partial charge in [0.25, 0.3) is 11.8 Å². The average Bonchev–Trinajstić information content (AvgIpc) is 2.86. The highest BCUT2D eigenvalue weighted by Crippen LogP contribution is 2.40. The van der Waals surface area contributed by atoms with Crippen molar-refractivity contribution in [3.8, 4) is 5.75 Å². The zero-order valence-corrected chi connectivity index (χ0v) is 20.8. The van der Waals surface area contributed by atoms with Crippen molar-refractivity contribution in [2.24, 2.45) is 5.73 Å². The number of carboxylic acids is 1. The number of carbonyl (C=O) groups is 4. The van der Waals surface area contributed by atoms with Gasteiger partial charge in [0.1, 0.15) is 29.5 Å². The maximum Gasteiger partial charge on any atom is 0.352 e. The number of hydrogen-bond donors (Lipinski definition) is 4. The second-order valence-electron chi connectivity index (χ2n) is 8.56. The number of aliphatic carboxylic acids is 1. The first-order valence-electron chi connectivity index (χ1n) is 11.8. The van der Waals surface area contributed by atoms with Crippen molar-refractivity contribution in [1.29, 1.82) is 0 Å². The number of carboxylic acid groups (broad SMARTS) is 1. The monoisotopic (exact) mass is 522 g/mol.